The molecule has 164 valence electrons. The molecule has 2 atom stereocenters. The maximum Gasteiger partial charge on any atom is 0.490 e. The Morgan fingerprint density at radius 1 is 1.21 bits per heavy atom. The monoisotopic (exact) mass is 417 g/mol. The second-order valence-electron chi connectivity index (χ2n) is 7.63. The molecule has 5 nitrogen and oxygen atoms in total. The first-order valence-electron chi connectivity index (χ1n) is 9.96. The number of carboxylic acids is 1. The predicted octanol–water partition coefficient (Wildman–Crippen LogP) is 3.63. The van der Waals surface area contributed by atoms with Gasteiger partial charge in [0.15, 0.2) is 0 Å². The Morgan fingerprint density at radius 2 is 1.83 bits per heavy atom. The van der Waals surface area contributed by atoms with Crippen LogP contribution in [0.15, 0.2) is 30.3 Å². The lowest BCUT2D eigenvalue weighted by Gasteiger charge is -2.40. The molecule has 1 aromatic carbocycles. The molecule has 0 spiro atoms. The van der Waals surface area contributed by atoms with Gasteiger partial charge in [-0.3, -0.25) is 0 Å². The average Bonchev–Trinajstić information content (AvgIpc) is 2.70. The molecule has 2 heterocycles. The summed E-state index contributed by atoms with van der Waals surface area (Å²) in [5.41, 5.74) is 1.43. The number of hydrogen-bond acceptors (Lipinski definition) is 4. The molecule has 3 rings (SSSR count). The molecule has 2 aliphatic heterocycles. The number of benzene rings is 1. The number of nitrogens with zero attached hydrogens (tertiary/aromatic N) is 1. The highest BCUT2D eigenvalue weighted by molar-refractivity contribution is 5.73. The van der Waals surface area contributed by atoms with Gasteiger partial charge in [0.25, 0.3) is 0 Å². The van der Waals surface area contributed by atoms with E-state index in [1.54, 1.807) is 0 Å². The molecule has 2 fully saturated rings. The number of halogens is 3. The van der Waals surface area contributed by atoms with Crippen molar-refractivity contribution in [2.45, 2.75) is 38.0 Å². The molecule has 0 aromatic heterocycles. The van der Waals surface area contributed by atoms with E-state index >= 15 is 0 Å². The number of carbonyl (C=O) groups is 1. The van der Waals surface area contributed by atoms with Crippen molar-refractivity contribution >= 4 is 5.97 Å². The number of aliphatic carboxylic acids is 1. The van der Waals surface area contributed by atoms with Crippen molar-refractivity contribution in [3.05, 3.63) is 35.9 Å². The Morgan fingerprint density at radius 3 is 2.38 bits per heavy atom. The average molecular weight is 417 g/mol. The summed E-state index contributed by atoms with van der Waals surface area (Å²) in [7, 11) is 1.87. The first-order valence-corrected chi connectivity index (χ1v) is 9.96. The number of rotatable bonds is 5. The molecule has 0 bridgehead atoms. The van der Waals surface area contributed by atoms with E-state index in [2.05, 4.69) is 35.2 Å². The zero-order chi connectivity index (χ0) is 21.3. The molecule has 0 unspecified atom stereocenters. The minimum absolute atomic E-state index is 0.408. The summed E-state index contributed by atoms with van der Waals surface area (Å²) in [6.45, 7) is 5.50. The highest BCUT2D eigenvalue weighted by Crippen LogP contribution is 2.26. The number of carboxylic acid groups (broad SMARTS) is 1. The number of alkyl halides is 3. The van der Waals surface area contributed by atoms with Crippen molar-refractivity contribution in [1.82, 2.24) is 4.90 Å². The SMILES string of the molecule is CO[C@H]1CCN(CC2CCOCC2)C[C@@H]1Cc1ccccc1.O=C(O)C(F)(F)F. The summed E-state index contributed by atoms with van der Waals surface area (Å²) in [6.07, 6.45) is 0.0771. The fourth-order valence-electron chi connectivity index (χ4n) is 3.97. The second kappa shape index (κ2) is 11.5. The topological polar surface area (TPSA) is 59.0 Å². The van der Waals surface area contributed by atoms with E-state index in [1.165, 1.54) is 38.0 Å². The fourth-order valence-corrected chi connectivity index (χ4v) is 3.97. The van der Waals surface area contributed by atoms with Crippen molar-refractivity contribution in [3.8, 4) is 0 Å². The third-order valence-corrected chi connectivity index (χ3v) is 5.49. The minimum Gasteiger partial charge on any atom is -0.475 e. The van der Waals surface area contributed by atoms with Gasteiger partial charge in [-0.05, 0) is 37.2 Å². The quantitative estimate of drug-likeness (QED) is 0.793. The number of likely N-dealkylation sites (tertiary alicyclic amines) is 1. The minimum atomic E-state index is -5.08. The first kappa shape index (κ1) is 23.6. The van der Waals surface area contributed by atoms with E-state index in [0.29, 0.717) is 12.0 Å². The van der Waals surface area contributed by atoms with E-state index in [0.717, 1.165) is 32.0 Å². The second-order valence-corrected chi connectivity index (χ2v) is 7.63. The third-order valence-electron chi connectivity index (χ3n) is 5.49. The van der Waals surface area contributed by atoms with Crippen LogP contribution in [0.4, 0.5) is 13.2 Å². The first-order chi connectivity index (χ1) is 13.8. The van der Waals surface area contributed by atoms with Gasteiger partial charge >= 0.3 is 12.1 Å². The Balaban J connectivity index is 0.000000370. The molecule has 0 amide bonds. The van der Waals surface area contributed by atoms with Gasteiger partial charge < -0.3 is 19.5 Å². The zero-order valence-corrected chi connectivity index (χ0v) is 16.7. The largest absolute Gasteiger partial charge is 0.490 e. The van der Waals surface area contributed by atoms with Gasteiger partial charge in [0.05, 0.1) is 6.10 Å². The summed E-state index contributed by atoms with van der Waals surface area (Å²) >= 11 is 0. The number of methoxy groups -OCH3 is 1. The van der Waals surface area contributed by atoms with Crippen LogP contribution in [-0.2, 0) is 20.7 Å². The summed E-state index contributed by atoms with van der Waals surface area (Å²) < 4.78 is 43.0. The summed E-state index contributed by atoms with van der Waals surface area (Å²) in [5, 5.41) is 7.12. The van der Waals surface area contributed by atoms with Crippen LogP contribution in [0.2, 0.25) is 0 Å². The van der Waals surface area contributed by atoms with Crippen LogP contribution in [0.25, 0.3) is 0 Å². The van der Waals surface area contributed by atoms with Gasteiger partial charge in [0.2, 0.25) is 0 Å². The molecular formula is C21H30F3NO4. The van der Waals surface area contributed by atoms with E-state index in [-0.39, 0.29) is 0 Å². The van der Waals surface area contributed by atoms with E-state index in [4.69, 9.17) is 19.4 Å². The standard InChI is InChI=1S/C19H29NO2.C2HF3O2/c1-21-19-7-10-20(14-17-8-11-22-12-9-17)15-18(19)13-16-5-3-2-4-6-16;3-2(4,5)1(6)7/h2-6,17-19H,7-15H2,1H3;(H,6,7)/t18-,19-;/m0./s1. The van der Waals surface area contributed by atoms with Crippen molar-refractivity contribution in [2.24, 2.45) is 11.8 Å². The smallest absolute Gasteiger partial charge is 0.475 e. The lowest BCUT2D eigenvalue weighted by molar-refractivity contribution is -0.192. The predicted molar refractivity (Wildman–Crippen MR) is 103 cm³/mol. The van der Waals surface area contributed by atoms with Crippen LogP contribution in [-0.4, -0.2) is 68.2 Å². The maximum absolute atomic E-state index is 10.6. The third kappa shape index (κ3) is 8.32. The highest BCUT2D eigenvalue weighted by atomic mass is 19.4. The molecule has 1 aromatic rings. The molecule has 29 heavy (non-hydrogen) atoms. The summed E-state index contributed by atoms with van der Waals surface area (Å²) in [6, 6.07) is 10.9. The van der Waals surface area contributed by atoms with Crippen LogP contribution in [0.5, 0.6) is 0 Å². The Hall–Kier alpha value is -1.64. The van der Waals surface area contributed by atoms with Gasteiger partial charge in [0, 0.05) is 45.9 Å². The Bertz CT molecular complexity index is 606. The van der Waals surface area contributed by atoms with Crippen LogP contribution in [0.1, 0.15) is 24.8 Å². The van der Waals surface area contributed by atoms with Crippen LogP contribution in [0, 0.1) is 11.8 Å². The van der Waals surface area contributed by atoms with Crippen LogP contribution >= 0.6 is 0 Å². The molecule has 2 saturated heterocycles. The zero-order valence-electron chi connectivity index (χ0n) is 16.7. The van der Waals surface area contributed by atoms with Gasteiger partial charge in [-0.15, -0.1) is 0 Å². The van der Waals surface area contributed by atoms with Gasteiger partial charge in [0.1, 0.15) is 0 Å². The summed E-state index contributed by atoms with van der Waals surface area (Å²) in [5.74, 6) is -1.32. The van der Waals surface area contributed by atoms with Gasteiger partial charge in [-0.1, -0.05) is 30.3 Å². The van der Waals surface area contributed by atoms with E-state index in [9.17, 15) is 13.2 Å². The molecule has 0 aliphatic carbocycles. The lowest BCUT2D eigenvalue weighted by Crippen LogP contribution is -2.46. The van der Waals surface area contributed by atoms with Crippen molar-refractivity contribution in [1.29, 1.82) is 0 Å². The van der Waals surface area contributed by atoms with Crippen molar-refractivity contribution in [3.63, 3.8) is 0 Å². The van der Waals surface area contributed by atoms with Crippen LogP contribution < -0.4 is 0 Å². The Kier molecular flexibility index (Phi) is 9.39. The van der Waals surface area contributed by atoms with E-state index in [1.807, 2.05) is 7.11 Å². The highest BCUT2D eigenvalue weighted by Gasteiger charge is 2.38. The maximum atomic E-state index is 10.6. The Labute approximate surface area is 169 Å². The molecule has 1 N–H and O–H groups in total. The molecule has 2 aliphatic rings. The molecule has 0 saturated carbocycles. The van der Waals surface area contributed by atoms with Gasteiger partial charge in [-0.2, -0.15) is 13.2 Å². The molecule has 8 heteroatoms. The van der Waals surface area contributed by atoms with Crippen LogP contribution in [0.3, 0.4) is 0 Å². The summed E-state index contributed by atoms with van der Waals surface area (Å²) in [4.78, 5) is 11.6. The van der Waals surface area contributed by atoms with Gasteiger partial charge in [-0.25, -0.2) is 4.79 Å². The molecular weight excluding hydrogens is 387 g/mol. The molecule has 0 radical (unpaired) electrons. The fraction of sp³-hybridized carbons (Fsp3) is 0.667. The number of ether oxygens (including phenoxy) is 2. The normalized spacial score (nSPS) is 23.9. The number of piperidine rings is 1. The van der Waals surface area contributed by atoms with Crippen molar-refractivity contribution in [2.75, 3.05) is 40.0 Å². The van der Waals surface area contributed by atoms with Crippen molar-refractivity contribution < 1.29 is 32.5 Å². The lowest BCUT2D eigenvalue weighted by atomic mass is 9.87. The number of hydrogen-bond donors (Lipinski definition) is 1. The van der Waals surface area contributed by atoms with E-state index < -0.39 is 12.1 Å².